The van der Waals surface area contributed by atoms with Crippen LogP contribution in [0, 0.1) is 6.92 Å². The van der Waals surface area contributed by atoms with E-state index in [1.807, 2.05) is 0 Å². The molecule has 1 aromatic rings. The molecule has 1 saturated heterocycles. The predicted molar refractivity (Wildman–Crippen MR) is 71.4 cm³/mol. The van der Waals surface area contributed by atoms with Crippen LogP contribution in [-0.2, 0) is 6.54 Å². The molecule has 0 radical (unpaired) electrons. The highest BCUT2D eigenvalue weighted by Gasteiger charge is 2.24. The molecule has 16 heavy (non-hydrogen) atoms. The Balaban J connectivity index is 0.00000128. The lowest BCUT2D eigenvalue weighted by Crippen LogP contribution is -2.54. The SMILES string of the molecule is Cc1csc(CN2CCNC(C)C2C)n1.Cl. The van der Waals surface area contributed by atoms with Gasteiger partial charge in [0.1, 0.15) is 5.01 Å². The average molecular weight is 262 g/mol. The number of thiazole rings is 1. The maximum Gasteiger partial charge on any atom is 0.107 e. The molecule has 0 spiro atoms. The number of hydrogen-bond donors (Lipinski definition) is 1. The van der Waals surface area contributed by atoms with Gasteiger partial charge in [-0.1, -0.05) is 0 Å². The lowest BCUT2D eigenvalue weighted by Gasteiger charge is -2.38. The van der Waals surface area contributed by atoms with Crippen LogP contribution in [0.5, 0.6) is 0 Å². The third-order valence-electron chi connectivity index (χ3n) is 3.17. The summed E-state index contributed by atoms with van der Waals surface area (Å²) in [5.41, 5.74) is 1.14. The Labute approximate surface area is 108 Å². The lowest BCUT2D eigenvalue weighted by molar-refractivity contribution is 0.130. The van der Waals surface area contributed by atoms with Crippen LogP contribution in [0.25, 0.3) is 0 Å². The number of piperazine rings is 1. The molecule has 2 heterocycles. The number of nitrogens with zero attached hydrogens (tertiary/aromatic N) is 2. The van der Waals surface area contributed by atoms with Gasteiger partial charge in [0.15, 0.2) is 0 Å². The monoisotopic (exact) mass is 261 g/mol. The van der Waals surface area contributed by atoms with Crippen molar-refractivity contribution in [3.05, 3.63) is 16.1 Å². The van der Waals surface area contributed by atoms with Crippen LogP contribution < -0.4 is 5.32 Å². The van der Waals surface area contributed by atoms with E-state index in [-0.39, 0.29) is 12.4 Å². The van der Waals surface area contributed by atoms with Crippen molar-refractivity contribution in [3.63, 3.8) is 0 Å². The van der Waals surface area contributed by atoms with Gasteiger partial charge < -0.3 is 5.32 Å². The number of aromatic nitrogens is 1. The van der Waals surface area contributed by atoms with Crippen LogP contribution in [0.1, 0.15) is 24.5 Å². The predicted octanol–water partition coefficient (Wildman–Crippen LogP) is 2.06. The van der Waals surface area contributed by atoms with E-state index in [2.05, 4.69) is 41.4 Å². The fourth-order valence-corrected chi connectivity index (χ4v) is 2.79. The zero-order valence-corrected chi connectivity index (χ0v) is 11.7. The van der Waals surface area contributed by atoms with Gasteiger partial charge >= 0.3 is 0 Å². The Kier molecular flexibility index (Phi) is 5.18. The molecule has 0 bridgehead atoms. The second-order valence-corrected chi connectivity index (χ2v) is 5.28. The first-order chi connectivity index (χ1) is 7.16. The van der Waals surface area contributed by atoms with Gasteiger partial charge in [-0.25, -0.2) is 4.98 Å². The summed E-state index contributed by atoms with van der Waals surface area (Å²) in [5, 5.41) is 6.87. The standard InChI is InChI=1S/C11H19N3S.ClH/c1-8-7-15-11(13-8)6-14-5-4-12-9(2)10(14)3;/h7,9-10,12H,4-6H2,1-3H3;1H. The van der Waals surface area contributed by atoms with Gasteiger partial charge in [-0.05, 0) is 20.8 Å². The third-order valence-corrected chi connectivity index (χ3v) is 4.12. The topological polar surface area (TPSA) is 28.2 Å². The van der Waals surface area contributed by atoms with E-state index in [1.165, 1.54) is 5.01 Å². The summed E-state index contributed by atoms with van der Waals surface area (Å²) < 4.78 is 0. The molecule has 2 unspecified atom stereocenters. The number of rotatable bonds is 2. The Hall–Kier alpha value is -0.160. The Morgan fingerprint density at radius 3 is 2.94 bits per heavy atom. The Bertz CT molecular complexity index is 329. The van der Waals surface area contributed by atoms with Gasteiger partial charge in [0, 0.05) is 36.2 Å². The Morgan fingerprint density at radius 2 is 2.31 bits per heavy atom. The van der Waals surface area contributed by atoms with Crippen LogP contribution in [0.4, 0.5) is 0 Å². The molecule has 2 rings (SSSR count). The van der Waals surface area contributed by atoms with Crippen molar-refractivity contribution in [2.24, 2.45) is 0 Å². The fourth-order valence-electron chi connectivity index (χ4n) is 2.00. The van der Waals surface area contributed by atoms with E-state index in [0.29, 0.717) is 12.1 Å². The van der Waals surface area contributed by atoms with Gasteiger partial charge in [-0.2, -0.15) is 0 Å². The quantitative estimate of drug-likeness (QED) is 0.883. The molecule has 0 aliphatic carbocycles. The highest BCUT2D eigenvalue weighted by Crippen LogP contribution is 2.16. The number of aryl methyl sites for hydroxylation is 1. The molecule has 1 aliphatic heterocycles. The molecule has 92 valence electrons. The summed E-state index contributed by atoms with van der Waals surface area (Å²) in [4.78, 5) is 7.03. The molecular weight excluding hydrogens is 242 g/mol. The molecule has 0 amide bonds. The van der Waals surface area contributed by atoms with Crippen molar-refractivity contribution >= 4 is 23.7 Å². The molecule has 0 aromatic carbocycles. The smallest absolute Gasteiger partial charge is 0.107 e. The summed E-state index contributed by atoms with van der Waals surface area (Å²) in [7, 11) is 0. The van der Waals surface area contributed by atoms with Crippen LogP contribution in [0.15, 0.2) is 5.38 Å². The lowest BCUT2D eigenvalue weighted by atomic mass is 10.1. The largest absolute Gasteiger partial charge is 0.311 e. The highest BCUT2D eigenvalue weighted by molar-refractivity contribution is 7.09. The summed E-state index contributed by atoms with van der Waals surface area (Å²) in [6.07, 6.45) is 0. The van der Waals surface area contributed by atoms with Gasteiger partial charge in [0.25, 0.3) is 0 Å². The first kappa shape index (κ1) is 13.9. The fraction of sp³-hybridized carbons (Fsp3) is 0.727. The van der Waals surface area contributed by atoms with E-state index in [1.54, 1.807) is 11.3 Å². The zero-order valence-electron chi connectivity index (χ0n) is 10.1. The van der Waals surface area contributed by atoms with Crippen molar-refractivity contribution in [2.75, 3.05) is 13.1 Å². The van der Waals surface area contributed by atoms with E-state index >= 15 is 0 Å². The first-order valence-corrected chi connectivity index (χ1v) is 6.43. The van der Waals surface area contributed by atoms with Crippen molar-refractivity contribution in [1.29, 1.82) is 0 Å². The molecule has 3 nitrogen and oxygen atoms in total. The maximum atomic E-state index is 4.52. The first-order valence-electron chi connectivity index (χ1n) is 5.55. The summed E-state index contributed by atoms with van der Waals surface area (Å²) in [6.45, 7) is 9.83. The number of halogens is 1. The molecule has 1 aromatic heterocycles. The maximum absolute atomic E-state index is 4.52. The molecule has 2 atom stereocenters. The summed E-state index contributed by atoms with van der Waals surface area (Å²) in [5.74, 6) is 0. The van der Waals surface area contributed by atoms with Crippen LogP contribution in [0.2, 0.25) is 0 Å². The third kappa shape index (κ3) is 3.17. The molecule has 1 N–H and O–H groups in total. The van der Waals surface area contributed by atoms with Crippen LogP contribution >= 0.6 is 23.7 Å². The van der Waals surface area contributed by atoms with E-state index in [0.717, 1.165) is 25.3 Å². The minimum atomic E-state index is 0. The molecular formula is C11H20ClN3S. The minimum absolute atomic E-state index is 0. The molecule has 1 fully saturated rings. The molecule has 1 aliphatic rings. The van der Waals surface area contributed by atoms with E-state index in [4.69, 9.17) is 0 Å². The second kappa shape index (κ2) is 5.96. The average Bonchev–Trinajstić information content (AvgIpc) is 2.59. The number of nitrogens with one attached hydrogen (secondary N) is 1. The van der Waals surface area contributed by atoms with Crippen LogP contribution in [0.3, 0.4) is 0 Å². The summed E-state index contributed by atoms with van der Waals surface area (Å²) in [6, 6.07) is 1.18. The molecule has 0 saturated carbocycles. The number of hydrogen-bond acceptors (Lipinski definition) is 4. The van der Waals surface area contributed by atoms with Crippen molar-refractivity contribution in [3.8, 4) is 0 Å². The van der Waals surface area contributed by atoms with E-state index in [9.17, 15) is 0 Å². The van der Waals surface area contributed by atoms with E-state index < -0.39 is 0 Å². The van der Waals surface area contributed by atoms with Gasteiger partial charge in [0.2, 0.25) is 0 Å². The molecule has 5 heteroatoms. The van der Waals surface area contributed by atoms with Gasteiger partial charge in [0.05, 0.1) is 6.54 Å². The van der Waals surface area contributed by atoms with Crippen molar-refractivity contribution in [1.82, 2.24) is 15.2 Å². The minimum Gasteiger partial charge on any atom is -0.311 e. The summed E-state index contributed by atoms with van der Waals surface area (Å²) >= 11 is 1.77. The van der Waals surface area contributed by atoms with Crippen molar-refractivity contribution in [2.45, 2.75) is 39.4 Å². The van der Waals surface area contributed by atoms with Gasteiger partial charge in [-0.3, -0.25) is 4.90 Å². The normalized spacial score (nSPS) is 26.4. The Morgan fingerprint density at radius 1 is 1.56 bits per heavy atom. The van der Waals surface area contributed by atoms with Gasteiger partial charge in [-0.15, -0.1) is 23.7 Å². The highest BCUT2D eigenvalue weighted by atomic mass is 35.5. The van der Waals surface area contributed by atoms with Crippen molar-refractivity contribution < 1.29 is 0 Å². The second-order valence-electron chi connectivity index (χ2n) is 4.34. The van der Waals surface area contributed by atoms with Crippen LogP contribution in [-0.4, -0.2) is 35.1 Å². The zero-order chi connectivity index (χ0) is 10.8.